The number of rotatable bonds is 4. The van der Waals surface area contributed by atoms with Gasteiger partial charge in [-0.1, -0.05) is 54.6 Å². The van der Waals surface area contributed by atoms with Gasteiger partial charge in [0.1, 0.15) is 18.1 Å². The van der Waals surface area contributed by atoms with Crippen molar-refractivity contribution in [3.05, 3.63) is 84.4 Å². The fourth-order valence-electron chi connectivity index (χ4n) is 4.41. The monoisotopic (exact) mass is 443 g/mol. The summed E-state index contributed by atoms with van der Waals surface area (Å²) >= 11 is 0. The molecule has 7 nitrogen and oxygen atoms in total. The van der Waals surface area contributed by atoms with Crippen LogP contribution in [0.2, 0.25) is 0 Å². The van der Waals surface area contributed by atoms with Crippen LogP contribution in [0.5, 0.6) is 11.5 Å². The Morgan fingerprint density at radius 2 is 1.58 bits per heavy atom. The van der Waals surface area contributed by atoms with Crippen LogP contribution in [-0.2, 0) is 9.59 Å². The highest BCUT2D eigenvalue weighted by atomic mass is 16.5. The zero-order valence-corrected chi connectivity index (χ0v) is 18.3. The molecule has 0 aliphatic carbocycles. The maximum Gasteiger partial charge on any atom is 0.262 e. The van der Waals surface area contributed by atoms with Crippen molar-refractivity contribution in [1.29, 1.82) is 0 Å². The number of carbonyl (C=O) groups is 2. The van der Waals surface area contributed by atoms with Gasteiger partial charge >= 0.3 is 0 Å². The molecule has 1 N–H and O–H groups in total. The molecule has 0 fully saturated rings. The topological polar surface area (TPSA) is 71.1 Å². The zero-order valence-electron chi connectivity index (χ0n) is 18.3. The van der Waals surface area contributed by atoms with Crippen LogP contribution in [0.25, 0.3) is 0 Å². The van der Waals surface area contributed by atoms with Crippen LogP contribution in [0.1, 0.15) is 11.6 Å². The molecule has 168 valence electrons. The first-order valence-electron chi connectivity index (χ1n) is 11.0. The van der Waals surface area contributed by atoms with Crippen molar-refractivity contribution in [3.63, 3.8) is 0 Å². The van der Waals surface area contributed by atoms with E-state index in [4.69, 9.17) is 9.47 Å². The summed E-state index contributed by atoms with van der Waals surface area (Å²) in [4.78, 5) is 29.9. The molecule has 0 spiro atoms. The number of likely N-dealkylation sites (N-methyl/N-ethyl adjacent to an activating group) is 1. The first-order valence-corrected chi connectivity index (χ1v) is 11.0. The van der Waals surface area contributed by atoms with Crippen LogP contribution in [-0.4, -0.2) is 44.7 Å². The number of ether oxygens (including phenoxy) is 2. The van der Waals surface area contributed by atoms with Crippen molar-refractivity contribution >= 4 is 23.2 Å². The summed E-state index contributed by atoms with van der Waals surface area (Å²) in [7, 11) is 1.58. The normalized spacial score (nSPS) is 18.9. The zero-order chi connectivity index (χ0) is 22.8. The first-order chi connectivity index (χ1) is 16.2. The van der Waals surface area contributed by atoms with Gasteiger partial charge in [-0.2, -0.15) is 0 Å². The molecule has 2 aliphatic rings. The molecule has 5 rings (SSSR count). The fourth-order valence-corrected chi connectivity index (χ4v) is 4.41. The highest BCUT2D eigenvalue weighted by molar-refractivity contribution is 5.99. The Morgan fingerprint density at radius 3 is 2.33 bits per heavy atom. The standard InChI is InChI=1S/C26H25N3O4/c1-27-26(31)24-15-28(19-11-5-8-14-23(19)33-24)16-25(30)29-20-12-6-7-13-22(20)32-17-21(29)18-9-3-2-4-10-18/h2-14,21,24H,15-17H2,1H3,(H,27,31)/t21-,24-/m0/s1. The molecule has 2 atom stereocenters. The fraction of sp³-hybridized carbons (Fsp3) is 0.231. The summed E-state index contributed by atoms with van der Waals surface area (Å²) in [6.45, 7) is 0.753. The summed E-state index contributed by atoms with van der Waals surface area (Å²) in [6.07, 6.45) is -0.695. The summed E-state index contributed by atoms with van der Waals surface area (Å²) in [6, 6.07) is 24.7. The maximum absolute atomic E-state index is 13.9. The molecule has 0 saturated heterocycles. The number of nitrogens with one attached hydrogen (secondary N) is 1. The molecular weight excluding hydrogens is 418 g/mol. The molecule has 2 heterocycles. The summed E-state index contributed by atoms with van der Waals surface area (Å²) in [5.74, 6) is 0.976. The van der Waals surface area contributed by atoms with Crippen molar-refractivity contribution in [2.75, 3.05) is 36.5 Å². The van der Waals surface area contributed by atoms with Crippen molar-refractivity contribution in [1.82, 2.24) is 5.32 Å². The minimum Gasteiger partial charge on any atom is -0.489 e. The number of anilines is 2. The van der Waals surface area contributed by atoms with E-state index in [9.17, 15) is 9.59 Å². The molecule has 0 bridgehead atoms. The van der Waals surface area contributed by atoms with Gasteiger partial charge in [0.15, 0.2) is 6.10 Å². The number of amides is 2. The summed E-state index contributed by atoms with van der Waals surface area (Å²) in [5.41, 5.74) is 2.54. The lowest BCUT2D eigenvalue weighted by molar-refractivity contribution is -0.127. The Kier molecular flexibility index (Phi) is 5.60. The molecule has 7 heteroatoms. The van der Waals surface area contributed by atoms with Crippen molar-refractivity contribution in [2.24, 2.45) is 0 Å². The Morgan fingerprint density at radius 1 is 0.909 bits per heavy atom. The van der Waals surface area contributed by atoms with Crippen molar-refractivity contribution < 1.29 is 19.1 Å². The lowest BCUT2D eigenvalue weighted by Crippen LogP contribution is -2.52. The van der Waals surface area contributed by atoms with Crippen LogP contribution < -0.4 is 24.6 Å². The third kappa shape index (κ3) is 3.98. The van der Waals surface area contributed by atoms with Crippen LogP contribution in [0.4, 0.5) is 11.4 Å². The van der Waals surface area contributed by atoms with Crippen LogP contribution in [0, 0.1) is 0 Å². The van der Waals surface area contributed by atoms with E-state index in [2.05, 4.69) is 5.32 Å². The van der Waals surface area contributed by atoms with E-state index in [0.717, 1.165) is 16.9 Å². The molecule has 3 aromatic carbocycles. The molecule has 0 aromatic heterocycles. The highest BCUT2D eigenvalue weighted by Crippen LogP contribution is 2.40. The molecule has 3 aromatic rings. The van der Waals surface area contributed by atoms with Crippen LogP contribution >= 0.6 is 0 Å². The Labute approximate surface area is 192 Å². The number of benzene rings is 3. The number of fused-ring (bicyclic) bond motifs is 2. The molecule has 0 saturated carbocycles. The third-order valence-corrected chi connectivity index (χ3v) is 6.01. The lowest BCUT2D eigenvalue weighted by Gasteiger charge is -2.40. The Bertz CT molecular complexity index is 1170. The van der Waals surface area contributed by atoms with E-state index in [1.165, 1.54) is 0 Å². The first kappa shape index (κ1) is 20.9. The average Bonchev–Trinajstić information content (AvgIpc) is 2.87. The van der Waals surface area contributed by atoms with Gasteiger partial charge in [0.2, 0.25) is 5.91 Å². The third-order valence-electron chi connectivity index (χ3n) is 6.01. The largest absolute Gasteiger partial charge is 0.489 e. The summed E-state index contributed by atoms with van der Waals surface area (Å²) < 4.78 is 11.9. The van der Waals surface area contributed by atoms with Crippen molar-refractivity contribution in [2.45, 2.75) is 12.1 Å². The number of hydrogen-bond donors (Lipinski definition) is 1. The second kappa shape index (κ2) is 8.86. The predicted octanol–water partition coefficient (Wildman–Crippen LogP) is 3.17. The predicted molar refractivity (Wildman–Crippen MR) is 126 cm³/mol. The molecule has 2 amide bonds. The maximum atomic E-state index is 13.9. The van der Waals surface area contributed by atoms with Gasteiger partial charge in [0.05, 0.1) is 30.5 Å². The molecular formula is C26H25N3O4. The molecule has 2 aliphatic heterocycles. The SMILES string of the molecule is CNC(=O)[C@@H]1CN(CC(=O)N2c3ccccc3OC[C@H]2c2ccccc2)c2ccccc2O1. The minimum atomic E-state index is -0.695. The van der Waals surface area contributed by atoms with Gasteiger partial charge in [0.25, 0.3) is 5.91 Å². The second-order valence-corrected chi connectivity index (χ2v) is 8.04. The number of para-hydroxylation sites is 4. The van der Waals surface area contributed by atoms with E-state index >= 15 is 0 Å². The van der Waals surface area contributed by atoms with E-state index in [0.29, 0.717) is 18.1 Å². The van der Waals surface area contributed by atoms with Gasteiger partial charge in [-0.3, -0.25) is 14.5 Å². The van der Waals surface area contributed by atoms with Gasteiger partial charge < -0.3 is 19.7 Å². The van der Waals surface area contributed by atoms with Crippen LogP contribution in [0.3, 0.4) is 0 Å². The van der Waals surface area contributed by atoms with E-state index in [-0.39, 0.29) is 30.9 Å². The van der Waals surface area contributed by atoms with Crippen LogP contribution in [0.15, 0.2) is 78.9 Å². The highest BCUT2D eigenvalue weighted by Gasteiger charge is 2.36. The average molecular weight is 444 g/mol. The molecule has 33 heavy (non-hydrogen) atoms. The summed E-state index contributed by atoms with van der Waals surface area (Å²) in [5, 5.41) is 2.64. The van der Waals surface area contributed by atoms with E-state index < -0.39 is 6.10 Å². The van der Waals surface area contributed by atoms with Gasteiger partial charge in [-0.05, 0) is 29.8 Å². The van der Waals surface area contributed by atoms with E-state index in [1.807, 2.05) is 88.7 Å². The number of nitrogens with zero attached hydrogens (tertiary/aromatic N) is 2. The van der Waals surface area contributed by atoms with E-state index in [1.54, 1.807) is 7.05 Å². The van der Waals surface area contributed by atoms with Crippen molar-refractivity contribution in [3.8, 4) is 11.5 Å². The van der Waals surface area contributed by atoms with Gasteiger partial charge in [-0.15, -0.1) is 0 Å². The smallest absolute Gasteiger partial charge is 0.262 e. The number of hydrogen-bond acceptors (Lipinski definition) is 5. The van der Waals surface area contributed by atoms with Gasteiger partial charge in [-0.25, -0.2) is 0 Å². The quantitative estimate of drug-likeness (QED) is 0.671. The molecule has 0 unspecified atom stereocenters. The number of carbonyl (C=O) groups excluding carboxylic acids is 2. The lowest BCUT2D eigenvalue weighted by atomic mass is 10.0. The Balaban J connectivity index is 1.49. The second-order valence-electron chi connectivity index (χ2n) is 8.04. The Hall–Kier alpha value is -4.00. The molecule has 0 radical (unpaired) electrons. The minimum absolute atomic E-state index is 0.0769. The van der Waals surface area contributed by atoms with Gasteiger partial charge in [0, 0.05) is 7.05 Å².